The lowest BCUT2D eigenvalue weighted by atomic mass is 10.0. The van der Waals surface area contributed by atoms with E-state index >= 15 is 0 Å². The van der Waals surface area contributed by atoms with Gasteiger partial charge in [0.2, 0.25) is 0 Å². The van der Waals surface area contributed by atoms with Crippen molar-refractivity contribution in [2.45, 2.75) is 46.1 Å². The van der Waals surface area contributed by atoms with Crippen molar-refractivity contribution in [2.24, 2.45) is 5.92 Å². The monoisotopic (exact) mass is 329 g/mol. The zero-order chi connectivity index (χ0) is 17.1. The van der Waals surface area contributed by atoms with Gasteiger partial charge in [0.25, 0.3) is 5.91 Å². The van der Waals surface area contributed by atoms with Crippen LogP contribution in [0.15, 0.2) is 24.5 Å². The van der Waals surface area contributed by atoms with Gasteiger partial charge >= 0.3 is 0 Å². The third kappa shape index (κ3) is 3.96. The highest BCUT2D eigenvalue weighted by atomic mass is 16.5. The van der Waals surface area contributed by atoms with Crippen LogP contribution in [0.1, 0.15) is 49.2 Å². The Morgan fingerprint density at radius 1 is 1.46 bits per heavy atom. The van der Waals surface area contributed by atoms with E-state index in [4.69, 9.17) is 4.74 Å². The first-order valence-electron chi connectivity index (χ1n) is 8.89. The fourth-order valence-electron chi connectivity index (χ4n) is 3.18. The first-order chi connectivity index (χ1) is 11.5. The number of nitrogens with zero attached hydrogens (tertiary/aromatic N) is 3. The van der Waals surface area contributed by atoms with Crippen molar-refractivity contribution < 1.29 is 9.53 Å². The van der Waals surface area contributed by atoms with Crippen LogP contribution in [0.4, 0.5) is 0 Å². The highest BCUT2D eigenvalue weighted by Gasteiger charge is 2.26. The summed E-state index contributed by atoms with van der Waals surface area (Å²) < 4.78 is 7.73. The number of amides is 1. The largest absolute Gasteiger partial charge is 0.375 e. The van der Waals surface area contributed by atoms with E-state index < -0.39 is 0 Å². The van der Waals surface area contributed by atoms with Crippen LogP contribution in [0, 0.1) is 12.8 Å². The van der Waals surface area contributed by atoms with E-state index in [2.05, 4.69) is 18.8 Å². The fourth-order valence-corrected chi connectivity index (χ4v) is 3.18. The van der Waals surface area contributed by atoms with Crippen LogP contribution in [0.3, 0.4) is 0 Å². The minimum Gasteiger partial charge on any atom is -0.375 e. The fraction of sp³-hybridized carbons (Fsp3) is 0.579. The van der Waals surface area contributed by atoms with Crippen LogP contribution in [0.2, 0.25) is 0 Å². The molecule has 2 aromatic rings. The molecule has 1 saturated heterocycles. The van der Waals surface area contributed by atoms with E-state index in [-0.39, 0.29) is 12.0 Å². The molecule has 130 valence electrons. The van der Waals surface area contributed by atoms with Gasteiger partial charge in [0.15, 0.2) is 0 Å². The maximum atomic E-state index is 12.8. The van der Waals surface area contributed by atoms with Crippen molar-refractivity contribution in [1.29, 1.82) is 0 Å². The van der Waals surface area contributed by atoms with Crippen LogP contribution in [-0.2, 0) is 4.74 Å². The van der Waals surface area contributed by atoms with E-state index in [0.717, 1.165) is 24.1 Å². The molecule has 5 nitrogen and oxygen atoms in total. The molecule has 2 aromatic heterocycles. The summed E-state index contributed by atoms with van der Waals surface area (Å²) in [5.41, 5.74) is 2.48. The number of carbonyl (C=O) groups is 1. The van der Waals surface area contributed by atoms with E-state index in [0.29, 0.717) is 31.3 Å². The average Bonchev–Trinajstić information content (AvgIpc) is 2.97. The van der Waals surface area contributed by atoms with Crippen molar-refractivity contribution >= 4 is 11.6 Å². The molecule has 5 heteroatoms. The molecular formula is C19H27N3O2. The molecular weight excluding hydrogens is 302 g/mol. The summed E-state index contributed by atoms with van der Waals surface area (Å²) >= 11 is 0. The predicted octanol–water partition coefficient (Wildman–Crippen LogP) is 3.31. The highest BCUT2D eigenvalue weighted by molar-refractivity contribution is 5.93. The average molecular weight is 329 g/mol. The van der Waals surface area contributed by atoms with Crippen molar-refractivity contribution in [1.82, 2.24) is 14.3 Å². The molecule has 0 spiro atoms. The number of fused-ring (bicyclic) bond motifs is 1. The Labute approximate surface area is 143 Å². The number of aryl methyl sites for hydroxylation is 1. The molecule has 0 aliphatic carbocycles. The summed E-state index contributed by atoms with van der Waals surface area (Å²) in [5.74, 6) is 0.723. The summed E-state index contributed by atoms with van der Waals surface area (Å²) in [4.78, 5) is 19.2. The number of imidazole rings is 1. The van der Waals surface area contributed by atoms with Gasteiger partial charge in [-0.25, -0.2) is 4.98 Å². The molecule has 3 heterocycles. The SMILES string of the molecule is Cc1ccn2cc(C(=O)N3CCO[C@@H](CCCC(C)C)C3)nc2c1. The van der Waals surface area contributed by atoms with Crippen LogP contribution in [0.25, 0.3) is 5.65 Å². The number of hydrogen-bond acceptors (Lipinski definition) is 3. The summed E-state index contributed by atoms with van der Waals surface area (Å²) in [5, 5.41) is 0. The quantitative estimate of drug-likeness (QED) is 0.845. The Balaban J connectivity index is 1.64. The van der Waals surface area contributed by atoms with Crippen LogP contribution < -0.4 is 0 Å². The summed E-state index contributed by atoms with van der Waals surface area (Å²) in [7, 11) is 0. The Bertz CT molecular complexity index is 708. The molecule has 0 N–H and O–H groups in total. The lowest BCUT2D eigenvalue weighted by Gasteiger charge is -2.32. The zero-order valence-corrected chi connectivity index (χ0v) is 14.9. The van der Waals surface area contributed by atoms with Gasteiger partial charge in [-0.2, -0.15) is 0 Å². The standard InChI is InChI=1S/C19H27N3O2/c1-14(2)5-4-6-16-12-22(9-10-24-16)19(23)17-13-21-8-7-15(3)11-18(21)20-17/h7-8,11,13-14,16H,4-6,9-10,12H2,1-3H3/t16-/m0/s1. The van der Waals surface area contributed by atoms with Crippen molar-refractivity contribution in [3.8, 4) is 0 Å². The number of rotatable bonds is 5. The Hall–Kier alpha value is -1.88. The van der Waals surface area contributed by atoms with Gasteiger partial charge in [-0.3, -0.25) is 4.79 Å². The molecule has 1 fully saturated rings. The predicted molar refractivity (Wildman–Crippen MR) is 94.3 cm³/mol. The Morgan fingerprint density at radius 3 is 3.08 bits per heavy atom. The Kier molecular flexibility index (Phi) is 5.19. The minimum absolute atomic E-state index is 0.00788. The molecule has 1 aliphatic heterocycles. The van der Waals surface area contributed by atoms with E-state index in [1.54, 1.807) is 0 Å². The van der Waals surface area contributed by atoms with Crippen molar-refractivity contribution in [3.63, 3.8) is 0 Å². The number of morpholine rings is 1. The summed E-state index contributed by atoms with van der Waals surface area (Å²) in [6, 6.07) is 4.01. The second-order valence-corrected chi connectivity index (χ2v) is 7.16. The van der Waals surface area contributed by atoms with Gasteiger partial charge in [-0.1, -0.05) is 26.7 Å². The van der Waals surface area contributed by atoms with Gasteiger partial charge in [0, 0.05) is 25.5 Å². The van der Waals surface area contributed by atoms with Gasteiger partial charge in [-0.05, 0) is 37.0 Å². The molecule has 1 amide bonds. The molecule has 3 rings (SSSR count). The van der Waals surface area contributed by atoms with Gasteiger partial charge < -0.3 is 14.0 Å². The van der Waals surface area contributed by atoms with E-state index in [1.807, 2.05) is 40.8 Å². The minimum atomic E-state index is 0.00788. The van der Waals surface area contributed by atoms with E-state index in [1.165, 1.54) is 6.42 Å². The molecule has 1 atom stereocenters. The smallest absolute Gasteiger partial charge is 0.274 e. The van der Waals surface area contributed by atoms with Crippen molar-refractivity contribution in [3.05, 3.63) is 35.8 Å². The summed E-state index contributed by atoms with van der Waals surface area (Å²) in [6.07, 6.45) is 7.30. The second-order valence-electron chi connectivity index (χ2n) is 7.16. The Morgan fingerprint density at radius 2 is 2.29 bits per heavy atom. The second kappa shape index (κ2) is 7.34. The van der Waals surface area contributed by atoms with Gasteiger partial charge in [0.05, 0.1) is 12.7 Å². The molecule has 0 unspecified atom stereocenters. The van der Waals surface area contributed by atoms with Crippen molar-refractivity contribution in [2.75, 3.05) is 19.7 Å². The lowest BCUT2D eigenvalue weighted by molar-refractivity contribution is -0.0261. The topological polar surface area (TPSA) is 46.8 Å². The number of aromatic nitrogens is 2. The maximum absolute atomic E-state index is 12.8. The first kappa shape index (κ1) is 17.0. The normalized spacial score (nSPS) is 18.5. The molecule has 0 saturated carbocycles. The number of pyridine rings is 1. The molecule has 24 heavy (non-hydrogen) atoms. The maximum Gasteiger partial charge on any atom is 0.274 e. The molecule has 0 aromatic carbocycles. The number of hydrogen-bond donors (Lipinski definition) is 0. The van der Waals surface area contributed by atoms with Crippen LogP contribution in [-0.4, -0.2) is 46.0 Å². The van der Waals surface area contributed by atoms with E-state index in [9.17, 15) is 4.79 Å². The van der Waals surface area contributed by atoms with Gasteiger partial charge in [-0.15, -0.1) is 0 Å². The highest BCUT2D eigenvalue weighted by Crippen LogP contribution is 2.17. The lowest BCUT2D eigenvalue weighted by Crippen LogP contribution is -2.45. The zero-order valence-electron chi connectivity index (χ0n) is 14.9. The third-order valence-electron chi connectivity index (χ3n) is 4.57. The molecule has 0 radical (unpaired) electrons. The van der Waals surface area contributed by atoms with Crippen LogP contribution in [0.5, 0.6) is 0 Å². The third-order valence-corrected chi connectivity index (χ3v) is 4.57. The van der Waals surface area contributed by atoms with Crippen LogP contribution >= 0.6 is 0 Å². The molecule has 0 bridgehead atoms. The molecule has 1 aliphatic rings. The number of ether oxygens (including phenoxy) is 1. The summed E-state index contributed by atoms with van der Waals surface area (Å²) in [6.45, 7) is 8.44. The van der Waals surface area contributed by atoms with Gasteiger partial charge in [0.1, 0.15) is 11.3 Å². The first-order valence-corrected chi connectivity index (χ1v) is 8.89. The number of carbonyl (C=O) groups excluding carboxylic acids is 1.